The summed E-state index contributed by atoms with van der Waals surface area (Å²) in [4.78, 5) is 9.71. The van der Waals surface area contributed by atoms with E-state index in [1.807, 2.05) is 51.8 Å². The summed E-state index contributed by atoms with van der Waals surface area (Å²) in [6.07, 6.45) is 6.20. The van der Waals surface area contributed by atoms with Gasteiger partial charge in [0, 0.05) is 41.4 Å². The fourth-order valence-corrected chi connectivity index (χ4v) is 7.75. The molecule has 28 heavy (non-hydrogen) atoms. The van der Waals surface area contributed by atoms with Gasteiger partial charge in [-0.25, -0.2) is 0 Å². The molecule has 0 N–H and O–H groups in total. The van der Waals surface area contributed by atoms with Gasteiger partial charge in [0.2, 0.25) is 0 Å². The Labute approximate surface area is 186 Å². The van der Waals surface area contributed by atoms with Crippen molar-refractivity contribution in [1.82, 2.24) is 0 Å². The zero-order valence-electron chi connectivity index (χ0n) is 15.3. The second-order valence-electron chi connectivity index (χ2n) is 6.13. The summed E-state index contributed by atoms with van der Waals surface area (Å²) in [5.41, 5.74) is 0. The van der Waals surface area contributed by atoms with E-state index in [1.54, 1.807) is 11.3 Å². The molecule has 4 aromatic rings. The average molecular weight is 457 g/mol. The smallest absolute Gasteiger partial charge is 0.0449 e. The third-order valence-corrected chi connectivity index (χ3v) is 9.57. The maximum absolute atomic E-state index is 3.90. The van der Waals surface area contributed by atoms with Crippen molar-refractivity contribution in [2.75, 3.05) is 5.75 Å². The molecule has 0 aliphatic carbocycles. The van der Waals surface area contributed by atoms with Gasteiger partial charge in [0.05, 0.1) is 0 Å². The Bertz CT molecular complexity index is 1030. The normalized spacial score (nSPS) is 11.8. The first-order valence-corrected chi connectivity index (χ1v) is 13.4. The topological polar surface area (TPSA) is 0 Å². The second kappa shape index (κ2) is 9.90. The molecule has 4 heterocycles. The van der Waals surface area contributed by atoms with Gasteiger partial charge in [0.25, 0.3) is 0 Å². The Morgan fingerprint density at radius 3 is 2.32 bits per heavy atom. The van der Waals surface area contributed by atoms with Crippen LogP contribution in [0, 0.1) is 0 Å². The summed E-state index contributed by atoms with van der Waals surface area (Å²) in [5.74, 6) is 1.12. The summed E-state index contributed by atoms with van der Waals surface area (Å²) in [6, 6.07) is 17.7. The number of allylic oxidation sites excluding steroid dienone is 3. The van der Waals surface area contributed by atoms with Crippen molar-refractivity contribution in [3.63, 3.8) is 0 Å². The second-order valence-corrected chi connectivity index (χ2v) is 11.6. The summed E-state index contributed by atoms with van der Waals surface area (Å²) in [6.45, 7) is 3.90. The molecule has 0 unspecified atom stereocenters. The lowest BCUT2D eigenvalue weighted by atomic mass is 10.3. The van der Waals surface area contributed by atoms with Crippen molar-refractivity contribution in [2.45, 2.75) is 12.8 Å². The summed E-state index contributed by atoms with van der Waals surface area (Å²) in [5, 5.41) is 4.30. The van der Waals surface area contributed by atoms with Crippen molar-refractivity contribution in [2.24, 2.45) is 0 Å². The SMILES string of the molecule is C=C/C=C(/Cc1ccc(-c2ccc(-c3cccs3)s2)s1)SCCc1cccs1. The minimum absolute atomic E-state index is 0.995. The van der Waals surface area contributed by atoms with Gasteiger partial charge in [0.15, 0.2) is 0 Å². The first-order chi connectivity index (χ1) is 13.8. The molecule has 0 aliphatic rings. The van der Waals surface area contributed by atoms with Gasteiger partial charge in [0.1, 0.15) is 0 Å². The van der Waals surface area contributed by atoms with Crippen LogP contribution in [0.5, 0.6) is 0 Å². The predicted molar refractivity (Wildman–Crippen MR) is 133 cm³/mol. The Balaban J connectivity index is 1.40. The Morgan fingerprint density at radius 1 is 0.821 bits per heavy atom. The number of hydrogen-bond donors (Lipinski definition) is 0. The first-order valence-electron chi connectivity index (χ1n) is 9.01. The highest BCUT2D eigenvalue weighted by Gasteiger charge is 2.10. The van der Waals surface area contributed by atoms with Crippen LogP contribution in [-0.4, -0.2) is 5.75 Å². The van der Waals surface area contributed by atoms with Crippen molar-refractivity contribution in [3.05, 3.63) is 92.7 Å². The number of thiophene rings is 4. The molecule has 0 amide bonds. The zero-order valence-corrected chi connectivity index (χ0v) is 19.4. The van der Waals surface area contributed by atoms with Crippen LogP contribution in [0.15, 0.2) is 82.9 Å². The fraction of sp³-hybridized carbons (Fsp3) is 0.130. The molecular formula is C23H20S5. The molecule has 0 aromatic carbocycles. The van der Waals surface area contributed by atoms with Crippen molar-refractivity contribution in [3.8, 4) is 19.5 Å². The largest absolute Gasteiger partial charge is 0.149 e. The van der Waals surface area contributed by atoms with E-state index in [9.17, 15) is 0 Å². The van der Waals surface area contributed by atoms with E-state index in [0.29, 0.717) is 0 Å². The summed E-state index contributed by atoms with van der Waals surface area (Å²) in [7, 11) is 0. The monoisotopic (exact) mass is 456 g/mol. The molecule has 0 fully saturated rings. The van der Waals surface area contributed by atoms with E-state index in [0.717, 1.165) is 18.6 Å². The lowest BCUT2D eigenvalue weighted by Crippen LogP contribution is -1.89. The fourth-order valence-electron chi connectivity index (χ4n) is 2.83. The number of thioether (sulfide) groups is 1. The van der Waals surface area contributed by atoms with Crippen molar-refractivity contribution < 1.29 is 0 Å². The van der Waals surface area contributed by atoms with Gasteiger partial charge in [-0.1, -0.05) is 30.9 Å². The van der Waals surface area contributed by atoms with Gasteiger partial charge in [-0.3, -0.25) is 0 Å². The minimum Gasteiger partial charge on any atom is -0.149 e. The molecule has 5 heteroatoms. The van der Waals surface area contributed by atoms with Crippen molar-refractivity contribution in [1.29, 1.82) is 0 Å². The van der Waals surface area contributed by atoms with Gasteiger partial charge >= 0.3 is 0 Å². The Kier molecular flexibility index (Phi) is 7.04. The highest BCUT2D eigenvalue weighted by molar-refractivity contribution is 8.03. The van der Waals surface area contributed by atoms with Crippen LogP contribution >= 0.6 is 57.1 Å². The Morgan fingerprint density at radius 2 is 1.57 bits per heavy atom. The van der Waals surface area contributed by atoms with Crippen LogP contribution < -0.4 is 0 Å². The van der Waals surface area contributed by atoms with Gasteiger partial charge in [-0.15, -0.1) is 57.1 Å². The van der Waals surface area contributed by atoms with Crippen LogP contribution in [0.4, 0.5) is 0 Å². The number of rotatable bonds is 9. The molecule has 0 nitrogen and oxygen atoms in total. The van der Waals surface area contributed by atoms with E-state index in [-0.39, 0.29) is 0 Å². The standard InChI is InChI=1S/C23H20S5/c1-2-5-18(25-15-12-17-6-3-13-24-17)16-19-8-9-22(27-19)23-11-10-21(28-23)20-7-4-14-26-20/h2-11,13-14H,1,12,15-16H2/b18-5-. The molecule has 142 valence electrons. The molecule has 4 rings (SSSR count). The molecule has 0 aliphatic heterocycles. The van der Waals surface area contributed by atoms with Crippen molar-refractivity contribution >= 4 is 57.1 Å². The predicted octanol–water partition coefficient (Wildman–Crippen LogP) is 8.85. The maximum atomic E-state index is 3.90. The highest BCUT2D eigenvalue weighted by atomic mass is 32.2. The molecule has 0 atom stereocenters. The minimum atomic E-state index is 0.995. The van der Waals surface area contributed by atoms with Crippen LogP contribution in [-0.2, 0) is 12.8 Å². The molecule has 0 radical (unpaired) electrons. The third kappa shape index (κ3) is 5.16. The number of aryl methyl sites for hydroxylation is 1. The highest BCUT2D eigenvalue weighted by Crippen LogP contribution is 2.39. The van der Waals surface area contributed by atoms with Crippen LogP contribution in [0.25, 0.3) is 19.5 Å². The average Bonchev–Trinajstić information content (AvgIpc) is 3.48. The molecule has 0 saturated heterocycles. The van der Waals surface area contributed by atoms with E-state index >= 15 is 0 Å². The van der Waals surface area contributed by atoms with Crippen LogP contribution in [0.3, 0.4) is 0 Å². The molecule has 4 aromatic heterocycles. The van der Waals surface area contributed by atoms with E-state index in [1.165, 1.54) is 34.2 Å². The van der Waals surface area contributed by atoms with Crippen LogP contribution in [0.2, 0.25) is 0 Å². The maximum Gasteiger partial charge on any atom is 0.0449 e. The van der Waals surface area contributed by atoms with Gasteiger partial charge < -0.3 is 0 Å². The summed E-state index contributed by atoms with van der Waals surface area (Å²) >= 11 is 9.40. The summed E-state index contributed by atoms with van der Waals surface area (Å²) < 4.78 is 0. The first kappa shape index (κ1) is 19.9. The number of hydrogen-bond acceptors (Lipinski definition) is 5. The molecule has 0 spiro atoms. The van der Waals surface area contributed by atoms with Crippen LogP contribution in [0.1, 0.15) is 9.75 Å². The third-order valence-electron chi connectivity index (χ3n) is 4.14. The molecular weight excluding hydrogens is 437 g/mol. The zero-order chi connectivity index (χ0) is 19.2. The van der Waals surface area contributed by atoms with E-state index in [4.69, 9.17) is 0 Å². The van der Waals surface area contributed by atoms with Gasteiger partial charge in [-0.2, -0.15) is 0 Å². The lowest BCUT2D eigenvalue weighted by Gasteiger charge is -2.05. The molecule has 0 saturated carbocycles. The molecule has 0 bridgehead atoms. The quantitative estimate of drug-likeness (QED) is 0.227. The van der Waals surface area contributed by atoms with E-state index < -0.39 is 0 Å². The van der Waals surface area contributed by atoms with E-state index in [2.05, 4.69) is 71.9 Å². The Hall–Kier alpha value is -1.37. The lowest BCUT2D eigenvalue weighted by molar-refractivity contribution is 1.20. The van der Waals surface area contributed by atoms with Gasteiger partial charge in [-0.05, 0) is 58.5 Å².